The molecule has 0 aliphatic heterocycles. The molecule has 2 heteroatoms. The van der Waals surface area contributed by atoms with Crippen molar-refractivity contribution in [3.63, 3.8) is 0 Å². The average Bonchev–Trinajstić information content (AvgIpc) is 2.27. The Morgan fingerprint density at radius 3 is 2.44 bits per heavy atom. The van der Waals surface area contributed by atoms with Gasteiger partial charge in [0.05, 0.1) is 6.10 Å². The van der Waals surface area contributed by atoms with Crippen LogP contribution < -0.4 is 0 Å². The fourth-order valence-corrected chi connectivity index (χ4v) is 0.763. The zero-order valence-electron chi connectivity index (χ0n) is 9.35. The Labute approximate surface area is 97.0 Å². The van der Waals surface area contributed by atoms with Crippen molar-refractivity contribution < 1.29 is 10.2 Å². The molecule has 0 amide bonds. The van der Waals surface area contributed by atoms with Gasteiger partial charge in [0.25, 0.3) is 0 Å². The molecule has 0 aliphatic rings. The van der Waals surface area contributed by atoms with Crippen LogP contribution in [0.25, 0.3) is 0 Å². The Hall–Kier alpha value is -1.74. The number of hydrogen-bond donors (Lipinski definition) is 2. The van der Waals surface area contributed by atoms with Crippen LogP contribution in [-0.4, -0.2) is 22.9 Å². The molecule has 0 aliphatic carbocycles. The molecule has 0 spiro atoms. The van der Waals surface area contributed by atoms with Gasteiger partial charge in [0, 0.05) is 6.61 Å². The van der Waals surface area contributed by atoms with E-state index in [4.69, 9.17) is 5.11 Å². The SMILES string of the molecule is C/C=C\C#CC#C/C=C/C=C/[C@H](O)CCO. The minimum Gasteiger partial charge on any atom is -0.396 e. The Balaban J connectivity index is 3.90. The van der Waals surface area contributed by atoms with Gasteiger partial charge in [0.2, 0.25) is 0 Å². The lowest BCUT2D eigenvalue weighted by atomic mass is 10.2. The quantitative estimate of drug-likeness (QED) is 0.551. The summed E-state index contributed by atoms with van der Waals surface area (Å²) in [6.07, 6.45) is 9.97. The summed E-state index contributed by atoms with van der Waals surface area (Å²) in [5.41, 5.74) is 0. The Morgan fingerprint density at radius 2 is 1.81 bits per heavy atom. The van der Waals surface area contributed by atoms with Crippen LogP contribution in [0.3, 0.4) is 0 Å². The van der Waals surface area contributed by atoms with Gasteiger partial charge in [0.1, 0.15) is 0 Å². The number of hydrogen-bond acceptors (Lipinski definition) is 2. The molecule has 16 heavy (non-hydrogen) atoms. The van der Waals surface area contributed by atoms with E-state index in [0.717, 1.165) is 0 Å². The van der Waals surface area contributed by atoms with Crippen LogP contribution in [0.2, 0.25) is 0 Å². The van der Waals surface area contributed by atoms with Crippen molar-refractivity contribution in [2.75, 3.05) is 6.61 Å². The van der Waals surface area contributed by atoms with Gasteiger partial charge >= 0.3 is 0 Å². The molecule has 0 aromatic rings. The van der Waals surface area contributed by atoms with Crippen molar-refractivity contribution >= 4 is 0 Å². The molecule has 0 saturated heterocycles. The van der Waals surface area contributed by atoms with E-state index in [-0.39, 0.29) is 6.61 Å². The number of rotatable bonds is 4. The first-order valence-electron chi connectivity index (χ1n) is 5.05. The monoisotopic (exact) mass is 216 g/mol. The molecule has 0 heterocycles. The van der Waals surface area contributed by atoms with E-state index in [1.54, 1.807) is 30.4 Å². The molecule has 0 bridgehead atoms. The highest BCUT2D eigenvalue weighted by Gasteiger charge is 1.93. The highest BCUT2D eigenvalue weighted by Crippen LogP contribution is 1.91. The van der Waals surface area contributed by atoms with Gasteiger partial charge < -0.3 is 10.2 Å². The molecule has 0 rings (SSSR count). The van der Waals surface area contributed by atoms with E-state index in [0.29, 0.717) is 6.42 Å². The molecule has 0 saturated carbocycles. The first-order valence-corrected chi connectivity index (χ1v) is 5.05. The van der Waals surface area contributed by atoms with Gasteiger partial charge in [-0.2, -0.15) is 0 Å². The highest BCUT2D eigenvalue weighted by molar-refractivity contribution is 5.34. The molecule has 0 aromatic carbocycles. The molecular formula is C14H16O2. The van der Waals surface area contributed by atoms with Crippen molar-refractivity contribution in [3.8, 4) is 23.7 Å². The highest BCUT2D eigenvalue weighted by atomic mass is 16.3. The lowest BCUT2D eigenvalue weighted by Crippen LogP contribution is -2.03. The van der Waals surface area contributed by atoms with Crippen LogP contribution in [0.1, 0.15) is 13.3 Å². The summed E-state index contributed by atoms with van der Waals surface area (Å²) in [5, 5.41) is 17.7. The molecule has 0 fully saturated rings. The predicted molar refractivity (Wildman–Crippen MR) is 66.4 cm³/mol. The first-order chi connectivity index (χ1) is 7.81. The summed E-state index contributed by atoms with van der Waals surface area (Å²) < 4.78 is 0. The fraction of sp³-hybridized carbons (Fsp3) is 0.286. The van der Waals surface area contributed by atoms with E-state index in [1.165, 1.54) is 0 Å². The second kappa shape index (κ2) is 11.3. The maximum atomic E-state index is 9.20. The minimum atomic E-state index is -0.600. The standard InChI is InChI=1S/C14H16O2/c1-2-3-4-5-6-7-8-9-10-11-14(16)12-13-15/h2-3,8-11,14-16H,12-13H2,1H3/b3-2-,9-8+,11-10+/t14-/m0/s1. The normalized spacial score (nSPS) is 12.4. The van der Waals surface area contributed by atoms with Crippen molar-refractivity contribution in [3.05, 3.63) is 36.5 Å². The molecule has 2 nitrogen and oxygen atoms in total. The minimum absolute atomic E-state index is 0.0183. The molecular weight excluding hydrogens is 200 g/mol. The van der Waals surface area contributed by atoms with Crippen LogP contribution in [0.15, 0.2) is 36.5 Å². The van der Waals surface area contributed by atoms with E-state index in [2.05, 4.69) is 23.7 Å². The molecule has 0 unspecified atom stereocenters. The Bertz CT molecular complexity index is 367. The van der Waals surface area contributed by atoms with Gasteiger partial charge in [-0.1, -0.05) is 36.1 Å². The van der Waals surface area contributed by atoms with Crippen LogP contribution in [-0.2, 0) is 0 Å². The van der Waals surface area contributed by atoms with Crippen molar-refractivity contribution in [2.24, 2.45) is 0 Å². The molecule has 2 N–H and O–H groups in total. The van der Waals surface area contributed by atoms with Crippen LogP contribution in [0, 0.1) is 23.7 Å². The topological polar surface area (TPSA) is 40.5 Å². The van der Waals surface area contributed by atoms with Crippen molar-refractivity contribution in [1.82, 2.24) is 0 Å². The van der Waals surface area contributed by atoms with E-state index in [9.17, 15) is 5.11 Å². The summed E-state index contributed by atoms with van der Waals surface area (Å²) >= 11 is 0. The lowest BCUT2D eigenvalue weighted by Gasteiger charge is -1.98. The Morgan fingerprint density at radius 1 is 1.12 bits per heavy atom. The van der Waals surface area contributed by atoms with Crippen LogP contribution >= 0.6 is 0 Å². The average molecular weight is 216 g/mol. The third-order valence-electron chi connectivity index (χ3n) is 1.51. The largest absolute Gasteiger partial charge is 0.396 e. The zero-order chi connectivity index (χ0) is 12.1. The molecule has 0 radical (unpaired) electrons. The van der Waals surface area contributed by atoms with E-state index >= 15 is 0 Å². The van der Waals surface area contributed by atoms with Crippen molar-refractivity contribution in [1.29, 1.82) is 0 Å². The predicted octanol–water partition coefficient (Wildman–Crippen LogP) is 1.42. The fourth-order valence-electron chi connectivity index (χ4n) is 0.763. The van der Waals surface area contributed by atoms with Crippen LogP contribution in [0.4, 0.5) is 0 Å². The third kappa shape index (κ3) is 10.3. The number of allylic oxidation sites excluding steroid dienone is 5. The van der Waals surface area contributed by atoms with Gasteiger partial charge in [-0.3, -0.25) is 0 Å². The second-order valence-corrected chi connectivity index (χ2v) is 2.86. The van der Waals surface area contributed by atoms with Gasteiger partial charge in [-0.15, -0.1) is 0 Å². The van der Waals surface area contributed by atoms with Gasteiger partial charge in [-0.05, 0) is 37.3 Å². The summed E-state index contributed by atoms with van der Waals surface area (Å²) in [6, 6.07) is 0. The smallest absolute Gasteiger partial charge is 0.0745 e. The van der Waals surface area contributed by atoms with Gasteiger partial charge in [-0.25, -0.2) is 0 Å². The summed E-state index contributed by atoms with van der Waals surface area (Å²) in [5.74, 6) is 10.8. The maximum Gasteiger partial charge on any atom is 0.0745 e. The molecule has 0 aromatic heterocycles. The first kappa shape index (κ1) is 14.3. The van der Waals surface area contributed by atoms with E-state index < -0.39 is 6.10 Å². The lowest BCUT2D eigenvalue weighted by molar-refractivity contribution is 0.170. The summed E-state index contributed by atoms with van der Waals surface area (Å²) in [6.45, 7) is 1.88. The molecule has 84 valence electrons. The molecule has 1 atom stereocenters. The number of aliphatic hydroxyl groups excluding tert-OH is 2. The number of aliphatic hydroxyl groups is 2. The maximum absolute atomic E-state index is 9.20. The van der Waals surface area contributed by atoms with Crippen molar-refractivity contribution in [2.45, 2.75) is 19.4 Å². The third-order valence-corrected chi connectivity index (χ3v) is 1.51. The van der Waals surface area contributed by atoms with Gasteiger partial charge in [0.15, 0.2) is 0 Å². The van der Waals surface area contributed by atoms with Crippen LogP contribution in [0.5, 0.6) is 0 Å². The zero-order valence-corrected chi connectivity index (χ0v) is 9.35. The summed E-state index contributed by atoms with van der Waals surface area (Å²) in [4.78, 5) is 0. The Kier molecular flexibility index (Phi) is 10.1. The summed E-state index contributed by atoms with van der Waals surface area (Å²) in [7, 11) is 0. The van der Waals surface area contributed by atoms with E-state index in [1.807, 2.05) is 13.0 Å². The second-order valence-electron chi connectivity index (χ2n) is 2.86.